The minimum atomic E-state index is 0.262. The van der Waals surface area contributed by atoms with Crippen LogP contribution in [0.5, 0.6) is 0 Å². The van der Waals surface area contributed by atoms with Gasteiger partial charge < -0.3 is 11.1 Å². The van der Waals surface area contributed by atoms with Crippen molar-refractivity contribution in [1.29, 1.82) is 5.26 Å². The fraction of sp³-hybridized carbons (Fsp3) is 0.714. The number of aromatic nitrogens is 1. The molecular formula is C14H20N4S. The van der Waals surface area contributed by atoms with Gasteiger partial charge in [-0.3, -0.25) is 0 Å². The smallest absolute Gasteiger partial charge is 0.157 e. The number of rotatable bonds is 2. The van der Waals surface area contributed by atoms with E-state index in [4.69, 9.17) is 5.73 Å². The molecule has 0 saturated heterocycles. The molecule has 1 aromatic heterocycles. The van der Waals surface area contributed by atoms with Gasteiger partial charge in [0.1, 0.15) is 16.6 Å². The maximum Gasteiger partial charge on any atom is 0.157 e. The van der Waals surface area contributed by atoms with E-state index in [2.05, 4.69) is 36.5 Å². The molecule has 102 valence electrons. The Kier molecular flexibility index (Phi) is 2.59. The largest absolute Gasteiger partial charge is 0.382 e. The third-order valence-electron chi connectivity index (χ3n) is 5.38. The highest BCUT2D eigenvalue weighted by Crippen LogP contribution is 2.63. The van der Waals surface area contributed by atoms with E-state index in [1.165, 1.54) is 30.8 Å². The van der Waals surface area contributed by atoms with Gasteiger partial charge in [0.2, 0.25) is 0 Å². The fourth-order valence-corrected chi connectivity index (χ4v) is 5.00. The molecule has 0 aromatic carbocycles. The molecule has 5 heteroatoms. The van der Waals surface area contributed by atoms with Crippen LogP contribution in [-0.2, 0) is 0 Å². The minimum Gasteiger partial charge on any atom is -0.382 e. The number of nitrogens with zero attached hydrogens (tertiary/aromatic N) is 2. The van der Waals surface area contributed by atoms with Crippen LogP contribution in [0.2, 0.25) is 0 Å². The Morgan fingerprint density at radius 1 is 1.47 bits per heavy atom. The highest BCUT2D eigenvalue weighted by Gasteiger charge is 2.59. The van der Waals surface area contributed by atoms with E-state index in [1.807, 2.05) is 0 Å². The van der Waals surface area contributed by atoms with Gasteiger partial charge in [-0.05, 0) is 47.5 Å². The maximum atomic E-state index is 9.18. The van der Waals surface area contributed by atoms with Crippen molar-refractivity contribution >= 4 is 22.4 Å². The zero-order chi connectivity index (χ0) is 13.8. The maximum absolute atomic E-state index is 9.18. The summed E-state index contributed by atoms with van der Waals surface area (Å²) in [6.45, 7) is 7.06. The van der Waals surface area contributed by atoms with Crippen LogP contribution in [0.4, 0.5) is 10.8 Å². The van der Waals surface area contributed by atoms with Gasteiger partial charge in [-0.25, -0.2) is 0 Å². The highest BCUT2D eigenvalue weighted by atomic mass is 32.1. The molecule has 2 saturated carbocycles. The molecule has 2 aliphatic carbocycles. The van der Waals surface area contributed by atoms with Crippen LogP contribution in [0.25, 0.3) is 0 Å². The molecule has 3 N–H and O–H groups in total. The Balaban J connectivity index is 1.93. The van der Waals surface area contributed by atoms with E-state index in [-0.39, 0.29) is 5.41 Å². The molecule has 4 nitrogen and oxygen atoms in total. The number of fused-ring (bicyclic) bond motifs is 2. The molecule has 0 spiro atoms. The molecule has 1 heterocycles. The summed E-state index contributed by atoms with van der Waals surface area (Å²) in [5, 5.41) is 13.6. The Bertz CT molecular complexity index is 552. The van der Waals surface area contributed by atoms with Crippen LogP contribution in [0, 0.1) is 28.1 Å². The van der Waals surface area contributed by atoms with Crippen molar-refractivity contribution in [3.63, 3.8) is 0 Å². The predicted octanol–water partition coefficient (Wildman–Crippen LogP) is 3.22. The monoisotopic (exact) mass is 276 g/mol. The number of hydrogen-bond acceptors (Lipinski definition) is 5. The molecule has 0 radical (unpaired) electrons. The van der Waals surface area contributed by atoms with Gasteiger partial charge in [0, 0.05) is 6.04 Å². The molecule has 3 unspecified atom stereocenters. The number of nitriles is 1. The third kappa shape index (κ3) is 1.66. The quantitative estimate of drug-likeness (QED) is 0.869. The Labute approximate surface area is 118 Å². The van der Waals surface area contributed by atoms with E-state index >= 15 is 0 Å². The van der Waals surface area contributed by atoms with Gasteiger partial charge >= 0.3 is 0 Å². The normalized spacial score (nSPS) is 35.3. The summed E-state index contributed by atoms with van der Waals surface area (Å²) < 4.78 is 4.10. The Hall–Kier alpha value is -1.28. The molecule has 3 atom stereocenters. The summed E-state index contributed by atoms with van der Waals surface area (Å²) in [6, 6.07) is 2.56. The molecule has 2 fully saturated rings. The third-order valence-corrected chi connectivity index (χ3v) is 6.17. The molecule has 0 aliphatic heterocycles. The lowest BCUT2D eigenvalue weighted by atomic mass is 9.68. The van der Waals surface area contributed by atoms with Crippen molar-refractivity contribution in [3.05, 3.63) is 5.56 Å². The van der Waals surface area contributed by atoms with Crippen LogP contribution in [0.1, 0.15) is 45.6 Å². The van der Waals surface area contributed by atoms with Gasteiger partial charge in [-0.15, -0.1) is 0 Å². The first kappa shape index (κ1) is 12.7. The lowest BCUT2D eigenvalue weighted by Gasteiger charge is -2.43. The first-order valence-corrected chi connectivity index (χ1v) is 7.57. The summed E-state index contributed by atoms with van der Waals surface area (Å²) in [6.07, 6.45) is 3.89. The van der Waals surface area contributed by atoms with Crippen LogP contribution >= 0.6 is 11.5 Å². The standard InChI is InChI=1S/C14H20N4S/c1-13(2)8-4-5-14(3,6-8)12(13)17-11-9(7-15)10(16)18-19-11/h8,12,17H,4-6H2,1-3H3,(H2,16,18). The van der Waals surface area contributed by atoms with Crippen molar-refractivity contribution in [3.8, 4) is 6.07 Å². The Morgan fingerprint density at radius 3 is 2.79 bits per heavy atom. The Morgan fingerprint density at radius 2 is 2.21 bits per heavy atom. The predicted molar refractivity (Wildman–Crippen MR) is 77.9 cm³/mol. The second-order valence-corrected chi connectivity index (χ2v) is 7.65. The van der Waals surface area contributed by atoms with Crippen molar-refractivity contribution < 1.29 is 0 Å². The molecule has 3 rings (SSSR count). The van der Waals surface area contributed by atoms with Crippen LogP contribution in [-0.4, -0.2) is 10.4 Å². The van der Waals surface area contributed by atoms with E-state index < -0.39 is 0 Å². The van der Waals surface area contributed by atoms with E-state index in [0.29, 0.717) is 22.8 Å². The lowest BCUT2D eigenvalue weighted by Crippen LogP contribution is -2.45. The van der Waals surface area contributed by atoms with Crippen molar-refractivity contribution in [2.75, 3.05) is 11.1 Å². The molecule has 1 aromatic rings. The van der Waals surface area contributed by atoms with Gasteiger partial charge in [0.05, 0.1) is 0 Å². The number of nitrogens with two attached hydrogens (primary N) is 1. The van der Waals surface area contributed by atoms with Gasteiger partial charge in [-0.2, -0.15) is 9.64 Å². The lowest BCUT2D eigenvalue weighted by molar-refractivity contribution is 0.156. The second-order valence-electron chi connectivity index (χ2n) is 6.88. The topological polar surface area (TPSA) is 74.7 Å². The fourth-order valence-electron chi connectivity index (χ4n) is 4.30. The van der Waals surface area contributed by atoms with E-state index in [1.54, 1.807) is 0 Å². The molecule has 0 amide bonds. The first-order valence-electron chi connectivity index (χ1n) is 6.80. The van der Waals surface area contributed by atoms with E-state index in [9.17, 15) is 5.26 Å². The summed E-state index contributed by atoms with van der Waals surface area (Å²) in [5.41, 5.74) is 6.84. The summed E-state index contributed by atoms with van der Waals surface area (Å²) >= 11 is 1.31. The van der Waals surface area contributed by atoms with Crippen LogP contribution < -0.4 is 11.1 Å². The summed E-state index contributed by atoms with van der Waals surface area (Å²) in [5.74, 6) is 1.13. The van der Waals surface area contributed by atoms with Crippen molar-refractivity contribution in [2.45, 2.75) is 46.1 Å². The van der Waals surface area contributed by atoms with Gasteiger partial charge in [0.25, 0.3) is 0 Å². The van der Waals surface area contributed by atoms with Gasteiger partial charge in [-0.1, -0.05) is 20.8 Å². The molecular weight excluding hydrogens is 256 g/mol. The van der Waals surface area contributed by atoms with Crippen molar-refractivity contribution in [2.24, 2.45) is 16.7 Å². The SMILES string of the molecule is CC12CCC(C1)C(C)(C)C2Nc1snc(N)c1C#N. The zero-order valence-electron chi connectivity index (χ0n) is 11.7. The average Bonchev–Trinajstić information content (AvgIpc) is 2.94. The van der Waals surface area contributed by atoms with Gasteiger partial charge in [0.15, 0.2) is 5.82 Å². The minimum absolute atomic E-state index is 0.262. The van der Waals surface area contributed by atoms with Crippen LogP contribution in [0.15, 0.2) is 0 Å². The second kappa shape index (κ2) is 3.86. The summed E-state index contributed by atoms with van der Waals surface area (Å²) in [4.78, 5) is 0. The molecule has 2 aliphatic rings. The highest BCUT2D eigenvalue weighted by molar-refractivity contribution is 7.10. The number of hydrogen-bond donors (Lipinski definition) is 2. The summed E-state index contributed by atoms with van der Waals surface area (Å²) in [7, 11) is 0. The number of nitrogens with one attached hydrogen (secondary N) is 1. The van der Waals surface area contributed by atoms with Crippen LogP contribution in [0.3, 0.4) is 0 Å². The zero-order valence-corrected chi connectivity index (χ0v) is 12.5. The number of anilines is 2. The average molecular weight is 276 g/mol. The molecule has 19 heavy (non-hydrogen) atoms. The number of nitrogen functional groups attached to an aromatic ring is 1. The van der Waals surface area contributed by atoms with E-state index in [0.717, 1.165) is 10.9 Å². The molecule has 2 bridgehead atoms. The van der Waals surface area contributed by atoms with Crippen molar-refractivity contribution in [1.82, 2.24) is 4.37 Å². The first-order chi connectivity index (χ1) is 8.88.